The molecular formula is C16H16BrCl2N5O2S. The highest BCUT2D eigenvalue weighted by molar-refractivity contribution is 9.10. The second kappa shape index (κ2) is 7.83. The van der Waals surface area contributed by atoms with Gasteiger partial charge in [-0.1, -0.05) is 29.3 Å². The van der Waals surface area contributed by atoms with Crippen LogP contribution in [-0.2, 0) is 23.1 Å². The molecule has 0 atom stereocenters. The van der Waals surface area contributed by atoms with Crippen LogP contribution in [0, 0.1) is 6.92 Å². The zero-order valence-corrected chi connectivity index (χ0v) is 18.4. The molecule has 3 rings (SSSR count). The number of hydrogen-bond donors (Lipinski definition) is 1. The maximum absolute atomic E-state index is 12.7. The van der Waals surface area contributed by atoms with Gasteiger partial charge in [0.2, 0.25) is 0 Å². The topological polar surface area (TPSA) is 81.8 Å². The van der Waals surface area contributed by atoms with E-state index in [4.69, 9.17) is 23.2 Å². The van der Waals surface area contributed by atoms with Crippen molar-refractivity contribution in [2.45, 2.75) is 31.8 Å². The number of benzene rings is 1. The molecule has 144 valence electrons. The van der Waals surface area contributed by atoms with Gasteiger partial charge in [0.15, 0.2) is 5.82 Å². The first-order valence-electron chi connectivity index (χ1n) is 7.93. The van der Waals surface area contributed by atoms with Gasteiger partial charge in [0, 0.05) is 22.8 Å². The number of nitrogens with zero attached hydrogens (tertiary/aromatic N) is 4. The van der Waals surface area contributed by atoms with Crippen LogP contribution in [0.1, 0.15) is 18.2 Å². The van der Waals surface area contributed by atoms with E-state index in [2.05, 4.69) is 30.8 Å². The van der Waals surface area contributed by atoms with Gasteiger partial charge in [-0.3, -0.25) is 14.1 Å². The monoisotopic (exact) mass is 491 g/mol. The predicted octanol–water partition coefficient (Wildman–Crippen LogP) is 4.33. The third-order valence-corrected chi connectivity index (χ3v) is 6.55. The Hall–Kier alpha value is -1.55. The molecule has 27 heavy (non-hydrogen) atoms. The van der Waals surface area contributed by atoms with Crippen LogP contribution in [-0.4, -0.2) is 28.0 Å². The number of rotatable bonds is 6. The van der Waals surface area contributed by atoms with Crippen molar-refractivity contribution in [3.05, 3.63) is 56.4 Å². The average molecular weight is 493 g/mol. The van der Waals surface area contributed by atoms with E-state index in [9.17, 15) is 8.42 Å². The molecule has 1 N–H and O–H groups in total. The molecule has 0 saturated carbocycles. The minimum atomic E-state index is -3.81. The summed E-state index contributed by atoms with van der Waals surface area (Å²) in [6.45, 7) is 4.55. The second-order valence-corrected chi connectivity index (χ2v) is 9.12. The molecule has 0 aliphatic heterocycles. The second-order valence-electron chi connectivity index (χ2n) is 5.77. The normalized spacial score (nSPS) is 11.7. The first-order chi connectivity index (χ1) is 12.7. The Balaban J connectivity index is 1.85. The van der Waals surface area contributed by atoms with E-state index in [-0.39, 0.29) is 10.7 Å². The van der Waals surface area contributed by atoms with Crippen molar-refractivity contribution in [1.29, 1.82) is 0 Å². The lowest BCUT2D eigenvalue weighted by Gasteiger charge is -2.07. The van der Waals surface area contributed by atoms with E-state index in [0.717, 1.165) is 5.56 Å². The van der Waals surface area contributed by atoms with Gasteiger partial charge in [-0.2, -0.15) is 10.2 Å². The van der Waals surface area contributed by atoms with Crippen molar-refractivity contribution in [1.82, 2.24) is 19.6 Å². The van der Waals surface area contributed by atoms with E-state index in [1.54, 1.807) is 40.7 Å². The Morgan fingerprint density at radius 2 is 2.04 bits per heavy atom. The summed E-state index contributed by atoms with van der Waals surface area (Å²) in [6, 6.07) is 5.18. The van der Waals surface area contributed by atoms with Crippen molar-refractivity contribution < 1.29 is 8.42 Å². The number of aromatic nitrogens is 4. The lowest BCUT2D eigenvalue weighted by atomic mass is 10.2. The summed E-state index contributed by atoms with van der Waals surface area (Å²) in [5.41, 5.74) is 1.37. The van der Waals surface area contributed by atoms with Crippen LogP contribution in [0.4, 0.5) is 5.82 Å². The van der Waals surface area contributed by atoms with E-state index < -0.39 is 10.0 Å². The van der Waals surface area contributed by atoms with E-state index in [0.29, 0.717) is 33.3 Å². The Morgan fingerprint density at radius 3 is 2.67 bits per heavy atom. The highest BCUT2D eigenvalue weighted by Crippen LogP contribution is 2.26. The molecule has 0 aliphatic carbocycles. The van der Waals surface area contributed by atoms with Gasteiger partial charge in [0.1, 0.15) is 4.90 Å². The smallest absolute Gasteiger partial charge is 0.266 e. The summed E-state index contributed by atoms with van der Waals surface area (Å²) >= 11 is 15.4. The van der Waals surface area contributed by atoms with Crippen molar-refractivity contribution in [2.24, 2.45) is 0 Å². The molecule has 0 saturated heterocycles. The van der Waals surface area contributed by atoms with Crippen molar-refractivity contribution in [3.8, 4) is 0 Å². The molecule has 0 radical (unpaired) electrons. The number of anilines is 1. The third-order valence-electron chi connectivity index (χ3n) is 3.94. The summed E-state index contributed by atoms with van der Waals surface area (Å²) in [4.78, 5) is 0.117. The summed E-state index contributed by atoms with van der Waals surface area (Å²) in [5.74, 6) is 0.184. The first kappa shape index (κ1) is 20.2. The molecule has 0 aliphatic rings. The van der Waals surface area contributed by atoms with Gasteiger partial charge in [0.25, 0.3) is 10.0 Å². The summed E-state index contributed by atoms with van der Waals surface area (Å²) in [6.07, 6.45) is 3.00. The molecule has 11 heteroatoms. The molecule has 3 aromatic rings. The zero-order valence-electron chi connectivity index (χ0n) is 14.4. The Kier molecular flexibility index (Phi) is 5.85. The van der Waals surface area contributed by atoms with Gasteiger partial charge in [0.05, 0.1) is 22.9 Å². The summed E-state index contributed by atoms with van der Waals surface area (Å²) in [7, 11) is -3.81. The largest absolute Gasteiger partial charge is 0.269 e. The number of hydrogen-bond acceptors (Lipinski definition) is 4. The Bertz CT molecular complexity index is 1090. The Labute approximate surface area is 175 Å². The van der Waals surface area contributed by atoms with Gasteiger partial charge >= 0.3 is 0 Å². The van der Waals surface area contributed by atoms with Crippen molar-refractivity contribution in [3.63, 3.8) is 0 Å². The first-order valence-corrected chi connectivity index (χ1v) is 11.0. The minimum absolute atomic E-state index is 0.117. The standard InChI is InChI=1S/C16H16BrCl2N5O2S/c1-3-24-10(2)15(7-20-24)27(25,26)22-16-13(17)9-23(21-16)8-11-4-5-12(18)6-14(11)19/h4-7,9H,3,8H2,1-2H3,(H,21,22). The quantitative estimate of drug-likeness (QED) is 0.555. The van der Waals surface area contributed by atoms with Crippen LogP contribution >= 0.6 is 39.1 Å². The molecule has 0 spiro atoms. The van der Waals surface area contributed by atoms with Crippen LogP contribution in [0.2, 0.25) is 10.0 Å². The molecule has 2 heterocycles. The molecule has 0 unspecified atom stereocenters. The fraction of sp³-hybridized carbons (Fsp3) is 0.250. The van der Waals surface area contributed by atoms with Crippen LogP contribution in [0.3, 0.4) is 0 Å². The molecule has 0 amide bonds. The number of nitrogens with one attached hydrogen (secondary N) is 1. The van der Waals surface area contributed by atoms with Gasteiger partial charge < -0.3 is 0 Å². The van der Waals surface area contributed by atoms with Gasteiger partial charge in [-0.15, -0.1) is 0 Å². The number of sulfonamides is 1. The lowest BCUT2D eigenvalue weighted by molar-refractivity contribution is 0.598. The third kappa shape index (κ3) is 4.31. The van der Waals surface area contributed by atoms with Crippen molar-refractivity contribution >= 4 is 55.0 Å². The minimum Gasteiger partial charge on any atom is -0.269 e. The van der Waals surface area contributed by atoms with Crippen LogP contribution in [0.25, 0.3) is 0 Å². The van der Waals surface area contributed by atoms with Crippen LogP contribution < -0.4 is 4.72 Å². The average Bonchev–Trinajstić information content (AvgIpc) is 3.13. The van der Waals surface area contributed by atoms with Gasteiger partial charge in [-0.25, -0.2) is 8.42 Å². The molecule has 0 fully saturated rings. The van der Waals surface area contributed by atoms with E-state index in [1.807, 2.05) is 6.92 Å². The summed E-state index contributed by atoms with van der Waals surface area (Å²) in [5, 5.41) is 9.43. The highest BCUT2D eigenvalue weighted by Gasteiger charge is 2.23. The molecule has 1 aromatic carbocycles. The maximum atomic E-state index is 12.7. The fourth-order valence-corrected chi connectivity index (χ4v) is 4.78. The summed E-state index contributed by atoms with van der Waals surface area (Å²) < 4.78 is 31.6. The Morgan fingerprint density at radius 1 is 1.30 bits per heavy atom. The lowest BCUT2D eigenvalue weighted by Crippen LogP contribution is -2.15. The van der Waals surface area contributed by atoms with E-state index >= 15 is 0 Å². The molecule has 2 aromatic heterocycles. The predicted molar refractivity (Wildman–Crippen MR) is 109 cm³/mol. The fourth-order valence-electron chi connectivity index (χ4n) is 2.57. The SMILES string of the molecule is CCn1ncc(S(=O)(=O)Nc2nn(Cc3ccc(Cl)cc3Cl)cc2Br)c1C. The number of halogens is 3. The van der Waals surface area contributed by atoms with Crippen LogP contribution in [0.5, 0.6) is 0 Å². The van der Waals surface area contributed by atoms with Crippen molar-refractivity contribution in [2.75, 3.05) is 4.72 Å². The molecule has 7 nitrogen and oxygen atoms in total. The van der Waals surface area contributed by atoms with Gasteiger partial charge in [-0.05, 0) is 47.5 Å². The highest BCUT2D eigenvalue weighted by atomic mass is 79.9. The number of aryl methyl sites for hydroxylation is 1. The molecular weight excluding hydrogens is 477 g/mol. The zero-order chi connectivity index (χ0) is 19.8. The van der Waals surface area contributed by atoms with Crippen LogP contribution in [0.15, 0.2) is 40.0 Å². The maximum Gasteiger partial charge on any atom is 0.266 e. The van der Waals surface area contributed by atoms with E-state index in [1.165, 1.54) is 6.20 Å². The molecule has 0 bridgehead atoms.